The third kappa shape index (κ3) is 2.18. The van der Waals surface area contributed by atoms with Crippen LogP contribution in [0.5, 0.6) is 0 Å². The van der Waals surface area contributed by atoms with E-state index in [0.29, 0.717) is 11.2 Å². The number of rotatable bonds is 1. The summed E-state index contributed by atoms with van der Waals surface area (Å²) in [5, 5.41) is 10.5. The molecule has 0 spiro atoms. The Labute approximate surface area is 126 Å². The van der Waals surface area contributed by atoms with Crippen molar-refractivity contribution in [2.75, 3.05) is 12.3 Å². The molecule has 2 aromatic heterocycles. The maximum atomic E-state index is 10.5. The van der Waals surface area contributed by atoms with Gasteiger partial charge in [-0.3, -0.25) is 0 Å². The summed E-state index contributed by atoms with van der Waals surface area (Å²) in [5.74, 6) is 0.106. The maximum absolute atomic E-state index is 10.5. The summed E-state index contributed by atoms with van der Waals surface area (Å²) in [7, 11) is -1.70. The number of aromatic nitrogens is 4. The van der Waals surface area contributed by atoms with Crippen LogP contribution in [0.25, 0.3) is 11.2 Å². The Balaban J connectivity index is 1.69. The van der Waals surface area contributed by atoms with E-state index in [4.69, 9.17) is 19.5 Å². The van der Waals surface area contributed by atoms with Gasteiger partial charge in [-0.25, -0.2) is 0 Å². The second kappa shape index (κ2) is 4.82. The SMILES string of the molecule is B[PH]1(O)OC[C@H]2O[C@@H](n3cnc4cnc(N)nc43)C(O)[C@H]2O1. The molecule has 2 aliphatic heterocycles. The van der Waals surface area contributed by atoms with Gasteiger partial charge in [-0.2, -0.15) is 0 Å². The average Bonchev–Trinajstić information content (AvgIpc) is 3.00. The van der Waals surface area contributed by atoms with Gasteiger partial charge >= 0.3 is 125 Å². The molecule has 0 aromatic carbocycles. The van der Waals surface area contributed by atoms with Crippen molar-refractivity contribution in [1.82, 2.24) is 19.5 Å². The molecule has 4 atom stereocenters. The van der Waals surface area contributed by atoms with E-state index in [9.17, 15) is 10.00 Å². The van der Waals surface area contributed by atoms with Crippen LogP contribution in [0.4, 0.5) is 5.95 Å². The quantitative estimate of drug-likeness (QED) is 0.406. The molecule has 2 saturated heterocycles. The number of nitrogens with zero attached hydrogens (tertiary/aromatic N) is 4. The minimum atomic E-state index is -3.21. The molecule has 22 heavy (non-hydrogen) atoms. The molecule has 4 heterocycles. The number of fused-ring (bicyclic) bond motifs is 2. The van der Waals surface area contributed by atoms with Crippen LogP contribution in [0.15, 0.2) is 12.5 Å². The number of hydrogen-bond acceptors (Lipinski definition) is 9. The summed E-state index contributed by atoms with van der Waals surface area (Å²) >= 11 is 0. The van der Waals surface area contributed by atoms with Crippen LogP contribution in [0.3, 0.4) is 0 Å². The Hall–Kier alpha value is -1.36. The predicted octanol–water partition coefficient (Wildman–Crippen LogP) is -1.88. The Kier molecular flexibility index (Phi) is 3.12. The molecule has 2 aromatic rings. The van der Waals surface area contributed by atoms with Crippen molar-refractivity contribution in [3.05, 3.63) is 12.5 Å². The van der Waals surface area contributed by atoms with E-state index in [-0.39, 0.29) is 12.6 Å². The van der Waals surface area contributed by atoms with E-state index < -0.39 is 32.4 Å². The summed E-state index contributed by atoms with van der Waals surface area (Å²) in [6.45, 7) is 0.168. The van der Waals surface area contributed by atoms with Gasteiger partial charge in [0.05, 0.1) is 0 Å². The number of nitrogens with two attached hydrogens (primary N) is 1. The monoisotopic (exact) mass is 327 g/mol. The number of hydrogen-bond donors (Lipinski definition) is 3. The zero-order valence-electron chi connectivity index (χ0n) is 11.7. The molecule has 0 saturated carbocycles. The molecule has 4 rings (SSSR count). The van der Waals surface area contributed by atoms with Gasteiger partial charge < -0.3 is 0 Å². The first-order chi connectivity index (χ1) is 10.4. The van der Waals surface area contributed by atoms with Gasteiger partial charge in [0, 0.05) is 0 Å². The van der Waals surface area contributed by atoms with Crippen LogP contribution in [0.1, 0.15) is 6.23 Å². The van der Waals surface area contributed by atoms with Crippen LogP contribution >= 0.6 is 7.82 Å². The number of aliphatic hydroxyl groups excluding tert-OH is 1. The second-order valence-electron chi connectivity index (χ2n) is 5.44. The van der Waals surface area contributed by atoms with Crippen molar-refractivity contribution >= 4 is 32.5 Å². The summed E-state index contributed by atoms with van der Waals surface area (Å²) in [6, 6.07) is 0. The second-order valence-corrected chi connectivity index (χ2v) is 7.76. The van der Waals surface area contributed by atoms with Crippen LogP contribution in [-0.4, -0.2) is 62.0 Å². The fraction of sp³-hybridized carbons (Fsp3) is 0.500. The first-order valence-corrected chi connectivity index (χ1v) is 9.04. The summed E-state index contributed by atoms with van der Waals surface area (Å²) in [5.41, 5.74) is 6.60. The topological polar surface area (TPSA) is 138 Å². The van der Waals surface area contributed by atoms with E-state index in [1.165, 1.54) is 20.1 Å². The third-order valence-electron chi connectivity index (χ3n) is 3.79. The standard InChI is InChI=1S/C10H15BN5O5P/c11-22(18)19-2-5-7(21-22)6(17)9(20-5)16-3-14-4-1-13-10(12)15-8(4)16/h1,3,5-7,9,17-18,22H,2,11H2,(H2,12,13,15)/t5-,6?,7+,9-/m1/s1. The van der Waals surface area contributed by atoms with Gasteiger partial charge in [-0.15, -0.1) is 0 Å². The van der Waals surface area contributed by atoms with Crippen molar-refractivity contribution in [2.24, 2.45) is 0 Å². The molecule has 2 fully saturated rings. The van der Waals surface area contributed by atoms with Crippen molar-refractivity contribution in [2.45, 2.75) is 24.5 Å². The van der Waals surface area contributed by atoms with E-state index in [0.717, 1.165) is 0 Å². The summed E-state index contributed by atoms with van der Waals surface area (Å²) in [4.78, 5) is 22.1. The fourth-order valence-electron chi connectivity index (χ4n) is 2.78. The summed E-state index contributed by atoms with van der Waals surface area (Å²) in [6.07, 6.45) is 0.143. The van der Waals surface area contributed by atoms with Crippen LogP contribution in [0, 0.1) is 0 Å². The van der Waals surface area contributed by atoms with E-state index >= 15 is 0 Å². The summed E-state index contributed by atoms with van der Waals surface area (Å²) < 4.78 is 18.1. The van der Waals surface area contributed by atoms with Crippen LogP contribution < -0.4 is 5.73 Å². The molecule has 0 aliphatic carbocycles. The van der Waals surface area contributed by atoms with Gasteiger partial charge in [0.15, 0.2) is 0 Å². The van der Waals surface area contributed by atoms with Crippen molar-refractivity contribution in [3.63, 3.8) is 0 Å². The number of ether oxygens (including phenoxy) is 1. The molecule has 0 bridgehead atoms. The molecule has 10 nitrogen and oxygen atoms in total. The first kappa shape index (κ1) is 14.3. The average molecular weight is 327 g/mol. The third-order valence-corrected chi connectivity index (χ3v) is 5.20. The molecular formula is C10H15BN5O5P. The molecule has 0 amide bonds. The number of nitrogen functional groups attached to an aromatic ring is 1. The molecular weight excluding hydrogens is 312 g/mol. The molecule has 0 radical (unpaired) electrons. The van der Waals surface area contributed by atoms with Crippen molar-refractivity contribution in [1.29, 1.82) is 0 Å². The van der Waals surface area contributed by atoms with E-state index in [1.54, 1.807) is 4.57 Å². The van der Waals surface area contributed by atoms with Gasteiger partial charge in [0.1, 0.15) is 0 Å². The minimum absolute atomic E-state index is 0.106. The zero-order valence-corrected chi connectivity index (χ0v) is 12.7. The zero-order chi connectivity index (χ0) is 15.5. The first-order valence-electron chi connectivity index (χ1n) is 6.77. The van der Waals surface area contributed by atoms with E-state index in [2.05, 4.69) is 15.0 Å². The van der Waals surface area contributed by atoms with Crippen LogP contribution in [0.2, 0.25) is 0 Å². The number of anilines is 1. The van der Waals surface area contributed by atoms with Gasteiger partial charge in [-0.05, 0) is 0 Å². The molecule has 118 valence electrons. The van der Waals surface area contributed by atoms with Crippen molar-refractivity contribution < 1.29 is 23.8 Å². The number of imidazole rings is 1. The molecule has 2 aliphatic rings. The number of aliphatic hydroxyl groups is 1. The predicted molar refractivity (Wildman–Crippen MR) is 79.6 cm³/mol. The fourth-order valence-corrected chi connectivity index (χ4v) is 4.12. The Morgan fingerprint density at radius 3 is 3.09 bits per heavy atom. The Morgan fingerprint density at radius 2 is 2.27 bits per heavy atom. The van der Waals surface area contributed by atoms with E-state index in [1.807, 2.05) is 0 Å². The molecule has 12 heteroatoms. The van der Waals surface area contributed by atoms with Crippen molar-refractivity contribution in [3.8, 4) is 0 Å². The Bertz CT molecular complexity index is 729. The Morgan fingerprint density at radius 1 is 1.45 bits per heavy atom. The van der Waals surface area contributed by atoms with Crippen LogP contribution in [-0.2, 0) is 13.8 Å². The molecule has 4 N–H and O–H groups in total. The van der Waals surface area contributed by atoms with Gasteiger partial charge in [-0.1, -0.05) is 0 Å². The normalized spacial score (nSPS) is 35.4. The van der Waals surface area contributed by atoms with Gasteiger partial charge in [0.2, 0.25) is 0 Å². The van der Waals surface area contributed by atoms with Gasteiger partial charge in [0.25, 0.3) is 0 Å². The molecule has 1 unspecified atom stereocenters.